The van der Waals surface area contributed by atoms with E-state index in [-0.39, 0.29) is 17.5 Å². The normalized spacial score (nSPS) is 15.6. The SMILES string of the molecule is CCC(N)C(n1cnc2cc(C)c(C)cc21)C(C)(C)C. The maximum Gasteiger partial charge on any atom is 0.0961 e. The van der Waals surface area contributed by atoms with Crippen LogP contribution in [0.3, 0.4) is 0 Å². The van der Waals surface area contributed by atoms with E-state index >= 15 is 0 Å². The zero-order valence-electron chi connectivity index (χ0n) is 13.6. The van der Waals surface area contributed by atoms with Crippen LogP contribution in [0.15, 0.2) is 18.5 Å². The summed E-state index contributed by atoms with van der Waals surface area (Å²) in [6, 6.07) is 4.78. The molecule has 0 radical (unpaired) electrons. The Labute approximate surface area is 122 Å². The largest absolute Gasteiger partial charge is 0.326 e. The van der Waals surface area contributed by atoms with Gasteiger partial charge in [0.05, 0.1) is 23.4 Å². The van der Waals surface area contributed by atoms with E-state index in [0.717, 1.165) is 11.9 Å². The van der Waals surface area contributed by atoms with Gasteiger partial charge < -0.3 is 10.3 Å². The highest BCUT2D eigenvalue weighted by Crippen LogP contribution is 2.36. The second-order valence-electron chi connectivity index (χ2n) is 6.96. The maximum atomic E-state index is 6.40. The average molecular weight is 273 g/mol. The summed E-state index contributed by atoms with van der Waals surface area (Å²) in [4.78, 5) is 4.58. The van der Waals surface area contributed by atoms with Gasteiger partial charge >= 0.3 is 0 Å². The van der Waals surface area contributed by atoms with Crippen molar-refractivity contribution in [2.75, 3.05) is 0 Å². The van der Waals surface area contributed by atoms with E-state index in [2.05, 4.69) is 63.2 Å². The van der Waals surface area contributed by atoms with Gasteiger partial charge in [-0.2, -0.15) is 0 Å². The topological polar surface area (TPSA) is 43.8 Å². The van der Waals surface area contributed by atoms with Gasteiger partial charge in [-0.15, -0.1) is 0 Å². The maximum absolute atomic E-state index is 6.40. The van der Waals surface area contributed by atoms with Crippen molar-refractivity contribution < 1.29 is 0 Å². The zero-order valence-corrected chi connectivity index (χ0v) is 13.6. The molecule has 0 aliphatic carbocycles. The van der Waals surface area contributed by atoms with Crippen LogP contribution in [0, 0.1) is 19.3 Å². The Kier molecular flexibility index (Phi) is 3.92. The predicted octanol–water partition coefficient (Wildman–Crippen LogP) is 3.98. The fourth-order valence-corrected chi connectivity index (χ4v) is 2.99. The van der Waals surface area contributed by atoms with Crippen molar-refractivity contribution >= 4 is 11.0 Å². The zero-order chi connectivity index (χ0) is 15.1. The summed E-state index contributed by atoms with van der Waals surface area (Å²) in [5.74, 6) is 0. The number of imidazole rings is 1. The lowest BCUT2D eigenvalue weighted by molar-refractivity contribution is 0.206. The first kappa shape index (κ1) is 15.0. The minimum Gasteiger partial charge on any atom is -0.326 e. The Morgan fingerprint density at radius 3 is 2.35 bits per heavy atom. The molecule has 3 heteroatoms. The second-order valence-corrected chi connectivity index (χ2v) is 6.96. The Morgan fingerprint density at radius 2 is 1.80 bits per heavy atom. The van der Waals surface area contributed by atoms with Crippen LogP contribution in [0.4, 0.5) is 0 Å². The Morgan fingerprint density at radius 1 is 1.20 bits per heavy atom. The van der Waals surface area contributed by atoms with Crippen LogP contribution in [0.1, 0.15) is 51.3 Å². The van der Waals surface area contributed by atoms with Gasteiger partial charge in [-0.05, 0) is 48.9 Å². The summed E-state index contributed by atoms with van der Waals surface area (Å²) < 4.78 is 2.27. The van der Waals surface area contributed by atoms with Gasteiger partial charge in [0.25, 0.3) is 0 Å². The fraction of sp³-hybridized carbons (Fsp3) is 0.588. The summed E-state index contributed by atoms with van der Waals surface area (Å²) in [5, 5.41) is 0. The third-order valence-corrected chi connectivity index (χ3v) is 4.25. The Hall–Kier alpha value is -1.35. The quantitative estimate of drug-likeness (QED) is 0.919. The van der Waals surface area contributed by atoms with Crippen molar-refractivity contribution in [3.05, 3.63) is 29.6 Å². The number of aromatic nitrogens is 2. The van der Waals surface area contributed by atoms with Gasteiger partial charge in [-0.3, -0.25) is 0 Å². The molecule has 110 valence electrons. The minimum absolute atomic E-state index is 0.0991. The molecule has 0 saturated heterocycles. The van der Waals surface area contributed by atoms with Gasteiger partial charge in [0.1, 0.15) is 0 Å². The molecular weight excluding hydrogens is 246 g/mol. The summed E-state index contributed by atoms with van der Waals surface area (Å²) in [5.41, 5.74) is 11.3. The molecule has 2 aromatic rings. The highest BCUT2D eigenvalue weighted by Gasteiger charge is 2.31. The Bertz CT molecular complexity index is 604. The molecule has 2 atom stereocenters. The molecule has 2 rings (SSSR count). The van der Waals surface area contributed by atoms with Crippen molar-refractivity contribution in [1.29, 1.82) is 0 Å². The molecular formula is C17H27N3. The molecule has 1 heterocycles. The highest BCUT2D eigenvalue weighted by atomic mass is 15.1. The van der Waals surface area contributed by atoms with Crippen LogP contribution in [0.2, 0.25) is 0 Å². The van der Waals surface area contributed by atoms with E-state index in [1.807, 2.05) is 6.33 Å². The molecule has 0 bridgehead atoms. The molecule has 0 spiro atoms. The highest BCUT2D eigenvalue weighted by molar-refractivity contribution is 5.77. The van der Waals surface area contributed by atoms with Crippen LogP contribution in [0.5, 0.6) is 0 Å². The first-order valence-electron chi connectivity index (χ1n) is 7.45. The monoisotopic (exact) mass is 273 g/mol. The third kappa shape index (κ3) is 2.59. The lowest BCUT2D eigenvalue weighted by Gasteiger charge is -2.36. The van der Waals surface area contributed by atoms with E-state index in [1.165, 1.54) is 16.6 Å². The standard InChI is InChI=1S/C17H27N3/c1-7-13(18)16(17(4,5)6)20-10-19-14-8-11(2)12(3)9-15(14)20/h8-10,13,16H,7,18H2,1-6H3. The molecule has 2 unspecified atom stereocenters. The van der Waals surface area contributed by atoms with Gasteiger partial charge in [0.2, 0.25) is 0 Å². The Balaban J connectivity index is 2.63. The molecule has 0 amide bonds. The van der Waals surface area contributed by atoms with Crippen LogP contribution < -0.4 is 5.73 Å². The average Bonchev–Trinajstić information content (AvgIpc) is 2.71. The van der Waals surface area contributed by atoms with Gasteiger partial charge in [0.15, 0.2) is 0 Å². The first-order chi connectivity index (χ1) is 9.25. The number of hydrogen-bond donors (Lipinski definition) is 1. The van der Waals surface area contributed by atoms with Crippen molar-refractivity contribution in [1.82, 2.24) is 9.55 Å². The number of nitrogens with two attached hydrogens (primary N) is 1. The van der Waals surface area contributed by atoms with Crippen molar-refractivity contribution in [2.45, 2.75) is 60.0 Å². The fourth-order valence-electron chi connectivity index (χ4n) is 2.99. The number of nitrogens with zero attached hydrogens (tertiary/aromatic N) is 2. The number of benzene rings is 1. The summed E-state index contributed by atoms with van der Waals surface area (Å²) >= 11 is 0. The second kappa shape index (κ2) is 5.21. The molecule has 3 nitrogen and oxygen atoms in total. The molecule has 1 aromatic carbocycles. The van der Waals surface area contributed by atoms with E-state index in [9.17, 15) is 0 Å². The third-order valence-electron chi connectivity index (χ3n) is 4.25. The van der Waals surface area contributed by atoms with Crippen molar-refractivity contribution in [3.63, 3.8) is 0 Å². The molecule has 1 aromatic heterocycles. The van der Waals surface area contributed by atoms with E-state index in [4.69, 9.17) is 5.73 Å². The first-order valence-corrected chi connectivity index (χ1v) is 7.45. The predicted molar refractivity (Wildman–Crippen MR) is 86.0 cm³/mol. The lowest BCUT2D eigenvalue weighted by Crippen LogP contribution is -2.39. The van der Waals surface area contributed by atoms with Crippen LogP contribution >= 0.6 is 0 Å². The van der Waals surface area contributed by atoms with Crippen LogP contribution in [0.25, 0.3) is 11.0 Å². The van der Waals surface area contributed by atoms with Gasteiger partial charge in [0, 0.05) is 6.04 Å². The van der Waals surface area contributed by atoms with E-state index in [1.54, 1.807) is 0 Å². The smallest absolute Gasteiger partial charge is 0.0961 e. The molecule has 0 fully saturated rings. The molecule has 2 N–H and O–H groups in total. The van der Waals surface area contributed by atoms with Crippen molar-refractivity contribution in [2.24, 2.45) is 11.1 Å². The van der Waals surface area contributed by atoms with Gasteiger partial charge in [-0.1, -0.05) is 27.7 Å². The minimum atomic E-state index is 0.0991. The van der Waals surface area contributed by atoms with Gasteiger partial charge in [-0.25, -0.2) is 4.98 Å². The number of hydrogen-bond acceptors (Lipinski definition) is 2. The van der Waals surface area contributed by atoms with E-state index in [0.29, 0.717) is 0 Å². The van der Waals surface area contributed by atoms with Crippen LogP contribution in [-0.4, -0.2) is 15.6 Å². The molecule has 0 aliphatic heterocycles. The van der Waals surface area contributed by atoms with Crippen LogP contribution in [-0.2, 0) is 0 Å². The molecule has 0 aliphatic rings. The number of aryl methyl sites for hydroxylation is 2. The molecule has 0 saturated carbocycles. The summed E-state index contributed by atoms with van der Waals surface area (Å²) in [6.07, 6.45) is 2.92. The summed E-state index contributed by atoms with van der Waals surface area (Å²) in [6.45, 7) is 13.2. The molecule has 20 heavy (non-hydrogen) atoms. The number of rotatable bonds is 3. The van der Waals surface area contributed by atoms with E-state index < -0.39 is 0 Å². The number of fused-ring (bicyclic) bond motifs is 1. The summed E-state index contributed by atoms with van der Waals surface area (Å²) in [7, 11) is 0. The van der Waals surface area contributed by atoms with Crippen molar-refractivity contribution in [3.8, 4) is 0 Å². The lowest BCUT2D eigenvalue weighted by atomic mass is 9.81.